The zero-order chi connectivity index (χ0) is 21.7. The highest BCUT2D eigenvalue weighted by molar-refractivity contribution is 7.89. The van der Waals surface area contributed by atoms with Crippen LogP contribution in [-0.2, 0) is 10.0 Å². The van der Waals surface area contributed by atoms with Crippen LogP contribution in [-0.4, -0.2) is 58.0 Å². The minimum atomic E-state index is -3.63. The molecular weight excluding hydrogens is 400 g/mol. The molecule has 1 unspecified atom stereocenters. The lowest BCUT2D eigenvalue weighted by molar-refractivity contribution is 0.1000. The van der Waals surface area contributed by atoms with Crippen molar-refractivity contribution in [2.45, 2.75) is 31.2 Å². The van der Waals surface area contributed by atoms with Gasteiger partial charge in [-0.25, -0.2) is 13.1 Å². The minimum Gasteiger partial charge on any atom is -0.369 e. The summed E-state index contributed by atoms with van der Waals surface area (Å²) in [5.74, 6) is -0.581. The van der Waals surface area contributed by atoms with Gasteiger partial charge in [0.25, 0.3) is 0 Å². The summed E-state index contributed by atoms with van der Waals surface area (Å²) in [6.07, 6.45) is 0.725. The molecule has 0 aromatic heterocycles. The number of primary amides is 1. The highest BCUT2D eigenvalue weighted by atomic mass is 32.2. The molecule has 0 saturated carbocycles. The van der Waals surface area contributed by atoms with Gasteiger partial charge in [-0.2, -0.15) is 0 Å². The van der Waals surface area contributed by atoms with Crippen molar-refractivity contribution >= 4 is 21.6 Å². The average Bonchev–Trinajstić information content (AvgIpc) is 2.72. The zero-order valence-electron chi connectivity index (χ0n) is 17.5. The van der Waals surface area contributed by atoms with Crippen LogP contribution in [0, 0.1) is 6.92 Å². The highest BCUT2D eigenvalue weighted by Crippen LogP contribution is 2.18. The van der Waals surface area contributed by atoms with Crippen LogP contribution in [0.1, 0.15) is 29.3 Å². The first-order valence-electron chi connectivity index (χ1n) is 10.2. The van der Waals surface area contributed by atoms with Gasteiger partial charge in [0, 0.05) is 43.5 Å². The van der Waals surface area contributed by atoms with Crippen molar-refractivity contribution < 1.29 is 13.2 Å². The number of sulfonamides is 1. The van der Waals surface area contributed by atoms with Crippen LogP contribution in [0.15, 0.2) is 53.4 Å². The average molecular weight is 431 g/mol. The largest absolute Gasteiger partial charge is 0.369 e. The maximum absolute atomic E-state index is 12.6. The quantitative estimate of drug-likeness (QED) is 0.668. The summed E-state index contributed by atoms with van der Waals surface area (Å²) in [4.78, 5) is 16.0. The summed E-state index contributed by atoms with van der Waals surface area (Å²) < 4.78 is 27.8. The Labute approximate surface area is 178 Å². The zero-order valence-corrected chi connectivity index (χ0v) is 18.4. The summed E-state index contributed by atoms with van der Waals surface area (Å²) >= 11 is 0. The fraction of sp³-hybridized carbons (Fsp3) is 0.409. The number of carbonyl (C=O) groups excluding carboxylic acids is 1. The molecule has 3 rings (SSSR count). The van der Waals surface area contributed by atoms with Crippen molar-refractivity contribution in [3.05, 3.63) is 59.7 Å². The van der Waals surface area contributed by atoms with Gasteiger partial charge in [0.05, 0.1) is 4.90 Å². The number of piperazine rings is 1. The molecule has 2 aromatic rings. The van der Waals surface area contributed by atoms with Gasteiger partial charge >= 0.3 is 0 Å². The van der Waals surface area contributed by atoms with E-state index in [9.17, 15) is 13.2 Å². The molecule has 2 aromatic carbocycles. The van der Waals surface area contributed by atoms with E-state index in [1.54, 1.807) is 0 Å². The maximum Gasteiger partial charge on any atom is 0.248 e. The maximum atomic E-state index is 12.6. The molecule has 1 aliphatic heterocycles. The van der Waals surface area contributed by atoms with Crippen LogP contribution in [0.3, 0.4) is 0 Å². The molecule has 0 bridgehead atoms. The number of nitrogens with two attached hydrogens (primary N) is 1. The van der Waals surface area contributed by atoms with E-state index < -0.39 is 15.9 Å². The Hall–Kier alpha value is -2.42. The molecule has 1 atom stereocenters. The van der Waals surface area contributed by atoms with E-state index in [1.807, 2.05) is 6.92 Å². The number of carbonyl (C=O) groups is 1. The second-order valence-electron chi connectivity index (χ2n) is 7.87. The van der Waals surface area contributed by atoms with E-state index >= 15 is 0 Å². The molecule has 0 aliphatic carbocycles. The van der Waals surface area contributed by atoms with Crippen LogP contribution in [0.4, 0.5) is 5.69 Å². The van der Waals surface area contributed by atoms with E-state index in [0.29, 0.717) is 0 Å². The molecule has 1 aliphatic rings. The number of aryl methyl sites for hydroxylation is 1. The van der Waals surface area contributed by atoms with Gasteiger partial charge in [-0.3, -0.25) is 9.69 Å². The minimum absolute atomic E-state index is 0.131. The molecular formula is C22H30N4O3S. The van der Waals surface area contributed by atoms with Gasteiger partial charge in [-0.15, -0.1) is 0 Å². The predicted molar refractivity (Wildman–Crippen MR) is 119 cm³/mol. The van der Waals surface area contributed by atoms with Gasteiger partial charge in [0.15, 0.2) is 0 Å². The topological polar surface area (TPSA) is 95.7 Å². The lowest BCUT2D eigenvalue weighted by atomic mass is 10.2. The number of rotatable bonds is 8. The molecule has 1 heterocycles. The lowest BCUT2D eigenvalue weighted by Crippen LogP contribution is -2.47. The van der Waals surface area contributed by atoms with Crippen LogP contribution in [0.5, 0.6) is 0 Å². The summed E-state index contributed by atoms with van der Waals surface area (Å²) in [5, 5.41) is 0. The molecule has 1 fully saturated rings. The first-order valence-corrected chi connectivity index (χ1v) is 11.7. The van der Waals surface area contributed by atoms with Gasteiger partial charge in [0.2, 0.25) is 15.9 Å². The van der Waals surface area contributed by atoms with Crippen molar-refractivity contribution in [2.75, 3.05) is 37.6 Å². The normalized spacial score (nSPS) is 16.4. The standard InChI is InChI=1S/C22H30N4O3S/c1-17-4-3-5-20(16-17)26-14-12-25(13-15-26)11-10-18(2)24-30(28,29)21-8-6-19(7-9-21)22(23)27/h3-9,16,18,24H,10-15H2,1-2H3,(H2,23,27). The van der Waals surface area contributed by atoms with E-state index in [-0.39, 0.29) is 16.5 Å². The van der Waals surface area contributed by atoms with Gasteiger partial charge in [0.1, 0.15) is 0 Å². The molecule has 8 heteroatoms. The van der Waals surface area contributed by atoms with E-state index in [2.05, 4.69) is 45.7 Å². The molecule has 3 N–H and O–H groups in total. The summed E-state index contributed by atoms with van der Waals surface area (Å²) in [6.45, 7) is 8.67. The first kappa shape index (κ1) is 22.3. The van der Waals surface area contributed by atoms with Crippen molar-refractivity contribution in [2.24, 2.45) is 5.73 Å². The Morgan fingerprint density at radius 2 is 1.77 bits per heavy atom. The Bertz CT molecular complexity index is 968. The third-order valence-corrected chi connectivity index (χ3v) is 7.03. The molecule has 7 nitrogen and oxygen atoms in total. The number of amides is 1. The van der Waals surface area contributed by atoms with Crippen molar-refractivity contribution in [3.8, 4) is 0 Å². The summed E-state index contributed by atoms with van der Waals surface area (Å²) in [7, 11) is -3.63. The van der Waals surface area contributed by atoms with Crippen molar-refractivity contribution in [1.29, 1.82) is 0 Å². The van der Waals surface area contributed by atoms with Crippen LogP contribution >= 0.6 is 0 Å². The third kappa shape index (κ3) is 5.81. The molecule has 1 amide bonds. The van der Waals surface area contributed by atoms with E-state index in [1.165, 1.54) is 35.5 Å². The molecule has 30 heavy (non-hydrogen) atoms. The Balaban J connectivity index is 1.46. The number of anilines is 1. The molecule has 0 spiro atoms. The number of hydrogen-bond acceptors (Lipinski definition) is 5. The second kappa shape index (κ2) is 9.59. The molecule has 0 radical (unpaired) electrons. The fourth-order valence-electron chi connectivity index (χ4n) is 3.62. The fourth-order valence-corrected chi connectivity index (χ4v) is 4.90. The lowest BCUT2D eigenvalue weighted by Gasteiger charge is -2.36. The predicted octanol–water partition coefficient (Wildman–Crippen LogP) is 1.97. The number of benzene rings is 2. The Morgan fingerprint density at radius 1 is 1.10 bits per heavy atom. The van der Waals surface area contributed by atoms with Crippen LogP contribution < -0.4 is 15.4 Å². The van der Waals surface area contributed by atoms with Gasteiger partial charge in [-0.05, 0) is 68.8 Å². The molecule has 162 valence electrons. The van der Waals surface area contributed by atoms with Crippen LogP contribution in [0.2, 0.25) is 0 Å². The van der Waals surface area contributed by atoms with E-state index in [0.717, 1.165) is 39.1 Å². The van der Waals surface area contributed by atoms with Crippen LogP contribution in [0.25, 0.3) is 0 Å². The second-order valence-corrected chi connectivity index (χ2v) is 9.58. The number of nitrogens with zero attached hydrogens (tertiary/aromatic N) is 2. The van der Waals surface area contributed by atoms with E-state index in [4.69, 9.17) is 5.73 Å². The number of hydrogen-bond donors (Lipinski definition) is 2. The van der Waals surface area contributed by atoms with Gasteiger partial charge < -0.3 is 10.6 Å². The van der Waals surface area contributed by atoms with Crippen molar-refractivity contribution in [1.82, 2.24) is 9.62 Å². The van der Waals surface area contributed by atoms with Crippen molar-refractivity contribution in [3.63, 3.8) is 0 Å². The summed E-state index contributed by atoms with van der Waals surface area (Å²) in [6, 6.07) is 14.0. The Morgan fingerprint density at radius 3 is 2.37 bits per heavy atom. The SMILES string of the molecule is Cc1cccc(N2CCN(CCC(C)NS(=O)(=O)c3ccc(C(N)=O)cc3)CC2)c1. The third-order valence-electron chi connectivity index (χ3n) is 5.42. The monoisotopic (exact) mass is 430 g/mol. The summed E-state index contributed by atoms with van der Waals surface area (Å²) in [5.41, 5.74) is 8.01. The molecule has 1 saturated heterocycles. The Kier molecular flexibility index (Phi) is 7.12. The number of nitrogens with one attached hydrogen (secondary N) is 1. The van der Waals surface area contributed by atoms with Gasteiger partial charge in [-0.1, -0.05) is 12.1 Å². The highest BCUT2D eigenvalue weighted by Gasteiger charge is 2.20. The first-order chi connectivity index (χ1) is 14.2. The smallest absolute Gasteiger partial charge is 0.248 e.